The van der Waals surface area contributed by atoms with E-state index in [-0.39, 0.29) is 0 Å². The summed E-state index contributed by atoms with van der Waals surface area (Å²) in [7, 11) is 0. The van der Waals surface area contributed by atoms with E-state index in [1.54, 1.807) is 0 Å². The minimum absolute atomic E-state index is 0.739. The van der Waals surface area contributed by atoms with Gasteiger partial charge in [0.25, 0.3) is 0 Å². The summed E-state index contributed by atoms with van der Waals surface area (Å²) >= 11 is 0. The molecule has 2 nitrogen and oxygen atoms in total. The summed E-state index contributed by atoms with van der Waals surface area (Å²) in [6.45, 7) is 1.69. The van der Waals surface area contributed by atoms with Gasteiger partial charge in [0.1, 0.15) is 0 Å². The number of hydrogen-bond acceptors (Lipinski definition) is 2. The minimum atomic E-state index is 0.739. The standard InChI is InChI=1S/C16H18N2/c17-8-3-9-18-14-6-7-16-13(11-14)10-12-4-1-2-5-15(12)16/h1-2,4-7,11,18H,3,8-10,17H2. The highest BCUT2D eigenvalue weighted by atomic mass is 14.9. The van der Waals surface area contributed by atoms with Crippen molar-refractivity contribution in [2.75, 3.05) is 18.4 Å². The third-order valence-corrected chi connectivity index (χ3v) is 3.50. The van der Waals surface area contributed by atoms with Crippen LogP contribution >= 0.6 is 0 Å². The van der Waals surface area contributed by atoms with E-state index in [2.05, 4.69) is 47.8 Å². The summed E-state index contributed by atoms with van der Waals surface area (Å²) in [6, 6.07) is 15.3. The smallest absolute Gasteiger partial charge is 0.0343 e. The lowest BCUT2D eigenvalue weighted by atomic mass is 10.1. The van der Waals surface area contributed by atoms with E-state index in [1.807, 2.05) is 0 Å². The van der Waals surface area contributed by atoms with Crippen LogP contribution in [0.1, 0.15) is 17.5 Å². The summed E-state index contributed by atoms with van der Waals surface area (Å²) in [5.41, 5.74) is 12.3. The molecule has 2 aromatic carbocycles. The Hall–Kier alpha value is -1.80. The maximum Gasteiger partial charge on any atom is 0.0343 e. The fourth-order valence-corrected chi connectivity index (χ4v) is 2.59. The van der Waals surface area contributed by atoms with Crippen LogP contribution in [-0.2, 0) is 6.42 Å². The van der Waals surface area contributed by atoms with Crippen molar-refractivity contribution in [3.05, 3.63) is 53.6 Å². The fourth-order valence-electron chi connectivity index (χ4n) is 2.59. The second kappa shape index (κ2) is 4.83. The van der Waals surface area contributed by atoms with Crippen molar-refractivity contribution >= 4 is 5.69 Å². The SMILES string of the molecule is NCCCNc1ccc2c(c1)Cc1ccccc1-2. The Morgan fingerprint density at radius 2 is 1.83 bits per heavy atom. The van der Waals surface area contributed by atoms with Crippen LogP contribution in [0.5, 0.6) is 0 Å². The first kappa shape index (κ1) is 11.3. The van der Waals surface area contributed by atoms with Crippen molar-refractivity contribution in [3.8, 4) is 11.1 Å². The highest BCUT2D eigenvalue weighted by Gasteiger charge is 2.17. The number of anilines is 1. The predicted molar refractivity (Wildman–Crippen MR) is 76.8 cm³/mol. The Morgan fingerprint density at radius 3 is 2.72 bits per heavy atom. The molecule has 0 fully saturated rings. The highest BCUT2D eigenvalue weighted by Crippen LogP contribution is 2.37. The molecule has 3 rings (SSSR count). The van der Waals surface area contributed by atoms with Crippen molar-refractivity contribution < 1.29 is 0 Å². The average Bonchev–Trinajstić information content (AvgIpc) is 2.76. The van der Waals surface area contributed by atoms with E-state index >= 15 is 0 Å². The molecular formula is C16H18N2. The molecule has 0 aliphatic heterocycles. The van der Waals surface area contributed by atoms with Crippen LogP contribution in [-0.4, -0.2) is 13.1 Å². The van der Waals surface area contributed by atoms with E-state index in [0.717, 1.165) is 25.9 Å². The molecule has 3 N–H and O–H groups in total. The Bertz CT molecular complexity index is 561. The van der Waals surface area contributed by atoms with Crippen LogP contribution in [0.2, 0.25) is 0 Å². The van der Waals surface area contributed by atoms with Gasteiger partial charge in [-0.05, 0) is 53.8 Å². The molecule has 0 atom stereocenters. The van der Waals surface area contributed by atoms with Gasteiger partial charge in [0.05, 0.1) is 0 Å². The van der Waals surface area contributed by atoms with Crippen molar-refractivity contribution in [2.24, 2.45) is 5.73 Å². The monoisotopic (exact) mass is 238 g/mol. The van der Waals surface area contributed by atoms with E-state index in [9.17, 15) is 0 Å². The van der Waals surface area contributed by atoms with Gasteiger partial charge in [-0.15, -0.1) is 0 Å². The largest absolute Gasteiger partial charge is 0.385 e. The van der Waals surface area contributed by atoms with Crippen molar-refractivity contribution in [2.45, 2.75) is 12.8 Å². The molecule has 0 saturated carbocycles. The predicted octanol–water partition coefficient (Wildman–Crippen LogP) is 3.02. The summed E-state index contributed by atoms with van der Waals surface area (Å²) in [6.07, 6.45) is 2.06. The molecule has 0 unspecified atom stereocenters. The molecule has 0 spiro atoms. The number of hydrogen-bond donors (Lipinski definition) is 2. The summed E-state index contributed by atoms with van der Waals surface area (Å²) in [5.74, 6) is 0. The molecule has 2 aromatic rings. The third-order valence-electron chi connectivity index (χ3n) is 3.50. The molecular weight excluding hydrogens is 220 g/mol. The molecule has 0 saturated heterocycles. The Labute approximate surface area is 108 Å². The zero-order chi connectivity index (χ0) is 12.4. The summed E-state index contributed by atoms with van der Waals surface area (Å²) in [5, 5.41) is 3.42. The highest BCUT2D eigenvalue weighted by molar-refractivity contribution is 5.78. The second-order valence-corrected chi connectivity index (χ2v) is 4.77. The lowest BCUT2D eigenvalue weighted by Crippen LogP contribution is -2.08. The zero-order valence-corrected chi connectivity index (χ0v) is 10.4. The first-order valence-electron chi connectivity index (χ1n) is 6.53. The van der Waals surface area contributed by atoms with Gasteiger partial charge in [-0.25, -0.2) is 0 Å². The Kier molecular flexibility index (Phi) is 3.03. The maximum atomic E-state index is 5.50. The van der Waals surface area contributed by atoms with Gasteiger partial charge in [-0.2, -0.15) is 0 Å². The zero-order valence-electron chi connectivity index (χ0n) is 10.4. The molecule has 0 heterocycles. The van der Waals surface area contributed by atoms with Crippen LogP contribution in [0.3, 0.4) is 0 Å². The lowest BCUT2D eigenvalue weighted by molar-refractivity contribution is 0.874. The van der Waals surface area contributed by atoms with E-state index in [4.69, 9.17) is 5.73 Å². The van der Waals surface area contributed by atoms with Crippen LogP contribution in [0.4, 0.5) is 5.69 Å². The van der Waals surface area contributed by atoms with Crippen LogP contribution in [0.25, 0.3) is 11.1 Å². The van der Waals surface area contributed by atoms with Gasteiger partial charge in [0, 0.05) is 12.2 Å². The van der Waals surface area contributed by atoms with Crippen molar-refractivity contribution in [3.63, 3.8) is 0 Å². The average molecular weight is 238 g/mol. The first-order valence-corrected chi connectivity index (χ1v) is 6.53. The number of nitrogens with two attached hydrogens (primary N) is 1. The van der Waals surface area contributed by atoms with Gasteiger partial charge < -0.3 is 11.1 Å². The molecule has 0 radical (unpaired) electrons. The summed E-state index contributed by atoms with van der Waals surface area (Å²) in [4.78, 5) is 0. The molecule has 2 heteroatoms. The van der Waals surface area contributed by atoms with Gasteiger partial charge in [0.15, 0.2) is 0 Å². The van der Waals surface area contributed by atoms with Gasteiger partial charge >= 0.3 is 0 Å². The molecule has 18 heavy (non-hydrogen) atoms. The molecule has 0 bridgehead atoms. The molecule has 0 aromatic heterocycles. The lowest BCUT2D eigenvalue weighted by Gasteiger charge is -2.08. The van der Waals surface area contributed by atoms with Gasteiger partial charge in [-0.3, -0.25) is 0 Å². The van der Waals surface area contributed by atoms with Crippen LogP contribution in [0, 0.1) is 0 Å². The topological polar surface area (TPSA) is 38.0 Å². The van der Waals surface area contributed by atoms with Crippen LogP contribution in [0.15, 0.2) is 42.5 Å². The van der Waals surface area contributed by atoms with E-state index < -0.39 is 0 Å². The van der Waals surface area contributed by atoms with E-state index in [1.165, 1.54) is 27.9 Å². The minimum Gasteiger partial charge on any atom is -0.385 e. The quantitative estimate of drug-likeness (QED) is 0.686. The van der Waals surface area contributed by atoms with Gasteiger partial charge in [-0.1, -0.05) is 30.3 Å². The normalized spacial score (nSPS) is 12.1. The molecule has 1 aliphatic rings. The molecule has 0 amide bonds. The maximum absolute atomic E-state index is 5.50. The Balaban J connectivity index is 1.84. The summed E-state index contributed by atoms with van der Waals surface area (Å²) < 4.78 is 0. The fraction of sp³-hybridized carbons (Fsp3) is 0.250. The Morgan fingerprint density at radius 1 is 1.00 bits per heavy atom. The second-order valence-electron chi connectivity index (χ2n) is 4.77. The van der Waals surface area contributed by atoms with Crippen molar-refractivity contribution in [1.82, 2.24) is 0 Å². The molecule has 1 aliphatic carbocycles. The first-order chi connectivity index (χ1) is 8.88. The number of rotatable bonds is 4. The third kappa shape index (κ3) is 2.00. The number of fused-ring (bicyclic) bond motifs is 3. The van der Waals surface area contributed by atoms with E-state index in [0.29, 0.717) is 0 Å². The van der Waals surface area contributed by atoms with Gasteiger partial charge in [0.2, 0.25) is 0 Å². The van der Waals surface area contributed by atoms with Crippen molar-refractivity contribution in [1.29, 1.82) is 0 Å². The number of nitrogens with one attached hydrogen (secondary N) is 1. The molecule has 92 valence electrons. The number of benzene rings is 2. The van der Waals surface area contributed by atoms with Crippen LogP contribution < -0.4 is 11.1 Å².